The number of benzene rings is 1. The number of nitrogens with zero attached hydrogens (tertiary/aromatic N) is 8. The summed E-state index contributed by atoms with van der Waals surface area (Å²) in [7, 11) is 3.65. The first-order chi connectivity index (χ1) is 20.1. The Balaban J connectivity index is 1.51. The molecule has 3 aromatic heterocycles. The van der Waals surface area contributed by atoms with Crippen molar-refractivity contribution in [2.45, 2.75) is 58.2 Å². The lowest BCUT2D eigenvalue weighted by atomic mass is 9.91. The Morgan fingerprint density at radius 1 is 1.07 bits per heavy atom. The number of hydrogen-bond acceptors (Lipinski definition) is 9. The van der Waals surface area contributed by atoms with Crippen LogP contribution in [0.2, 0.25) is 0 Å². The van der Waals surface area contributed by atoms with E-state index in [-0.39, 0.29) is 6.09 Å². The Labute approximate surface area is 245 Å². The number of piperidine rings is 1. The molecular weight excluding hydrogens is 536 g/mol. The number of amides is 1. The van der Waals surface area contributed by atoms with E-state index in [0.29, 0.717) is 68.8 Å². The van der Waals surface area contributed by atoms with Crippen LogP contribution in [0.3, 0.4) is 0 Å². The number of carbonyl (C=O) groups excluding carboxylic acids is 1. The quantitative estimate of drug-likeness (QED) is 0.348. The van der Waals surface area contributed by atoms with E-state index in [1.807, 2.05) is 61.2 Å². The molecule has 1 amide bonds. The fourth-order valence-electron chi connectivity index (χ4n) is 6.02. The summed E-state index contributed by atoms with van der Waals surface area (Å²) in [5.74, 6) is 2.90. The van der Waals surface area contributed by atoms with Gasteiger partial charge in [-0.05, 0) is 45.7 Å². The molecule has 1 atom stereocenters. The largest absolute Gasteiger partial charge is 0.444 e. The second-order valence-electron chi connectivity index (χ2n) is 12.0. The first kappa shape index (κ1) is 28.4. The molecule has 0 spiro atoms. The molecule has 0 N–H and O–H groups in total. The molecule has 0 radical (unpaired) electrons. The van der Waals surface area contributed by atoms with Crippen molar-refractivity contribution in [2.75, 3.05) is 51.4 Å². The highest BCUT2D eigenvalue weighted by Crippen LogP contribution is 2.38. The molecule has 12 nitrogen and oxygen atoms in total. The number of aromatic nitrogens is 6. The summed E-state index contributed by atoms with van der Waals surface area (Å²) in [5.41, 5.74) is 1.84. The van der Waals surface area contributed by atoms with Gasteiger partial charge in [0.1, 0.15) is 22.9 Å². The molecule has 1 aromatic carbocycles. The smallest absolute Gasteiger partial charge is 0.410 e. The number of carbonyl (C=O) groups is 1. The third-order valence-corrected chi connectivity index (χ3v) is 8.05. The van der Waals surface area contributed by atoms with E-state index < -0.39 is 11.2 Å². The van der Waals surface area contributed by atoms with E-state index in [4.69, 9.17) is 34.1 Å². The van der Waals surface area contributed by atoms with Crippen molar-refractivity contribution in [1.82, 2.24) is 34.0 Å². The Morgan fingerprint density at radius 2 is 1.83 bits per heavy atom. The molecule has 0 aliphatic carbocycles. The Bertz CT molecular complexity index is 1620. The average molecular weight is 577 g/mol. The van der Waals surface area contributed by atoms with Crippen molar-refractivity contribution in [3.63, 3.8) is 0 Å². The zero-order chi connectivity index (χ0) is 29.6. The molecule has 0 bridgehead atoms. The summed E-state index contributed by atoms with van der Waals surface area (Å²) in [6.45, 7) is 11.3. The zero-order valence-corrected chi connectivity index (χ0v) is 25.4. The van der Waals surface area contributed by atoms with Crippen LogP contribution in [-0.2, 0) is 33.3 Å². The Kier molecular flexibility index (Phi) is 7.30. The standard InChI is InChI=1S/C30H40N8O4/c1-7-22-31-20-11-8-9-12-21(20)38(22)27-33-24-23(25(34-27)36-15-17-41-18-16-36)32-26(35(24)5)30(40-6)13-10-14-37(19-30)28(39)42-29(2,3)4/h8-9,11-12H,7,10,13-19H2,1-6H3. The molecule has 42 heavy (non-hydrogen) atoms. The maximum absolute atomic E-state index is 13.1. The lowest BCUT2D eigenvalue weighted by molar-refractivity contribution is -0.0798. The topological polar surface area (TPSA) is 113 Å². The third kappa shape index (κ3) is 4.96. The Morgan fingerprint density at radius 3 is 2.55 bits per heavy atom. The SMILES string of the molecule is CCc1nc2ccccc2n1-c1nc(N2CCOCC2)c2nc(C3(OC)CCCN(C(=O)OC(C)(C)C)C3)n(C)c2n1. The van der Waals surface area contributed by atoms with E-state index in [9.17, 15) is 4.79 Å². The number of likely N-dealkylation sites (tertiary alicyclic amines) is 1. The van der Waals surface area contributed by atoms with Gasteiger partial charge in [0, 0.05) is 40.2 Å². The summed E-state index contributed by atoms with van der Waals surface area (Å²) < 4.78 is 21.6. The minimum atomic E-state index is -0.830. The minimum absolute atomic E-state index is 0.328. The van der Waals surface area contributed by atoms with Gasteiger partial charge in [-0.3, -0.25) is 4.57 Å². The van der Waals surface area contributed by atoms with Crippen LogP contribution >= 0.6 is 0 Å². The number of methoxy groups -OCH3 is 1. The molecule has 4 aromatic rings. The monoisotopic (exact) mass is 576 g/mol. The van der Waals surface area contributed by atoms with Crippen molar-refractivity contribution < 1.29 is 19.0 Å². The van der Waals surface area contributed by atoms with Gasteiger partial charge in [0.25, 0.3) is 0 Å². The van der Waals surface area contributed by atoms with Gasteiger partial charge in [-0.15, -0.1) is 0 Å². The number of anilines is 1. The predicted octanol–water partition coefficient (Wildman–Crippen LogP) is 3.97. The average Bonchev–Trinajstić information content (AvgIpc) is 3.54. The molecule has 2 saturated heterocycles. The van der Waals surface area contributed by atoms with Gasteiger partial charge in [0.15, 0.2) is 17.0 Å². The van der Waals surface area contributed by atoms with Crippen LogP contribution in [0.5, 0.6) is 0 Å². The maximum Gasteiger partial charge on any atom is 0.410 e. The molecule has 2 fully saturated rings. The second kappa shape index (κ2) is 10.8. The first-order valence-corrected chi connectivity index (χ1v) is 14.7. The minimum Gasteiger partial charge on any atom is -0.444 e. The molecule has 5 heterocycles. The Hall–Kier alpha value is -3.77. The molecule has 2 aliphatic rings. The zero-order valence-electron chi connectivity index (χ0n) is 25.4. The van der Waals surface area contributed by atoms with E-state index in [0.717, 1.165) is 35.5 Å². The highest BCUT2D eigenvalue weighted by molar-refractivity contribution is 5.86. The van der Waals surface area contributed by atoms with Crippen molar-refractivity contribution in [3.8, 4) is 5.95 Å². The third-order valence-electron chi connectivity index (χ3n) is 8.05. The van der Waals surface area contributed by atoms with Gasteiger partial charge in [0.2, 0.25) is 5.95 Å². The van der Waals surface area contributed by atoms with Gasteiger partial charge >= 0.3 is 6.09 Å². The molecule has 224 valence electrons. The van der Waals surface area contributed by atoms with Gasteiger partial charge < -0.3 is 28.6 Å². The number of imidazole rings is 2. The van der Waals surface area contributed by atoms with Gasteiger partial charge in [-0.1, -0.05) is 19.1 Å². The number of rotatable bonds is 5. The van der Waals surface area contributed by atoms with Crippen LogP contribution in [0.15, 0.2) is 24.3 Å². The van der Waals surface area contributed by atoms with Crippen LogP contribution in [-0.4, -0.2) is 92.2 Å². The van der Waals surface area contributed by atoms with E-state index in [2.05, 4.69) is 11.8 Å². The van der Waals surface area contributed by atoms with Gasteiger partial charge in [-0.25, -0.2) is 14.8 Å². The fraction of sp³-hybridized carbons (Fsp3) is 0.567. The summed E-state index contributed by atoms with van der Waals surface area (Å²) in [5, 5.41) is 0. The number of morpholine rings is 1. The van der Waals surface area contributed by atoms with Crippen molar-refractivity contribution in [2.24, 2.45) is 7.05 Å². The normalized spacial score (nSPS) is 20.0. The van der Waals surface area contributed by atoms with Crippen molar-refractivity contribution in [1.29, 1.82) is 0 Å². The number of para-hydroxylation sites is 2. The molecule has 2 aliphatic heterocycles. The molecule has 6 rings (SSSR count). The first-order valence-electron chi connectivity index (χ1n) is 14.7. The number of ether oxygens (including phenoxy) is 3. The molecule has 12 heteroatoms. The lowest BCUT2D eigenvalue weighted by Crippen LogP contribution is -2.51. The predicted molar refractivity (Wildman–Crippen MR) is 159 cm³/mol. The molecule has 1 unspecified atom stereocenters. The second-order valence-corrected chi connectivity index (χ2v) is 12.0. The van der Waals surface area contributed by atoms with Crippen LogP contribution < -0.4 is 4.90 Å². The maximum atomic E-state index is 13.1. The fourth-order valence-corrected chi connectivity index (χ4v) is 6.02. The van der Waals surface area contributed by atoms with E-state index in [1.165, 1.54) is 0 Å². The highest BCUT2D eigenvalue weighted by atomic mass is 16.6. The van der Waals surface area contributed by atoms with Gasteiger partial charge in [0.05, 0.1) is 30.8 Å². The summed E-state index contributed by atoms with van der Waals surface area (Å²) in [6.07, 6.45) is 1.84. The summed E-state index contributed by atoms with van der Waals surface area (Å²) in [4.78, 5) is 37.3. The van der Waals surface area contributed by atoms with Crippen molar-refractivity contribution in [3.05, 3.63) is 35.9 Å². The van der Waals surface area contributed by atoms with Crippen LogP contribution in [0.1, 0.15) is 52.2 Å². The molecular formula is C30H40N8O4. The summed E-state index contributed by atoms with van der Waals surface area (Å²) in [6, 6.07) is 8.05. The number of fused-ring (bicyclic) bond motifs is 2. The van der Waals surface area contributed by atoms with E-state index >= 15 is 0 Å². The van der Waals surface area contributed by atoms with E-state index in [1.54, 1.807) is 12.0 Å². The number of hydrogen-bond donors (Lipinski definition) is 0. The highest BCUT2D eigenvalue weighted by Gasteiger charge is 2.44. The lowest BCUT2D eigenvalue weighted by Gasteiger charge is -2.41. The van der Waals surface area contributed by atoms with Crippen LogP contribution in [0.4, 0.5) is 10.6 Å². The molecule has 0 saturated carbocycles. The summed E-state index contributed by atoms with van der Waals surface area (Å²) >= 11 is 0. The van der Waals surface area contributed by atoms with Gasteiger partial charge in [-0.2, -0.15) is 9.97 Å². The van der Waals surface area contributed by atoms with Crippen LogP contribution in [0, 0.1) is 0 Å². The number of aryl methyl sites for hydroxylation is 2. The van der Waals surface area contributed by atoms with Crippen molar-refractivity contribution >= 4 is 34.1 Å². The van der Waals surface area contributed by atoms with Crippen LogP contribution in [0.25, 0.3) is 28.1 Å².